The Morgan fingerprint density at radius 3 is 0.629 bits per heavy atom. The van der Waals surface area contributed by atoms with Crippen LogP contribution in [-0.4, -0.2) is 0 Å². The second-order valence-corrected chi connectivity index (χ2v) is 17.7. The highest BCUT2D eigenvalue weighted by Gasteiger charge is 2.19. The average Bonchev–Trinajstić information content (AvgIpc) is 3.44. The van der Waals surface area contributed by atoms with Crippen LogP contribution in [0.25, 0.3) is 77.2 Å². The van der Waals surface area contributed by atoms with Crippen LogP contribution in [0.1, 0.15) is 0 Å². The van der Waals surface area contributed by atoms with Gasteiger partial charge in [-0.3, -0.25) is 0 Å². The molecule has 0 unspecified atom stereocenters. The predicted octanol–water partition coefficient (Wildman–Crippen LogP) is 19.3. The third-order valence-electron chi connectivity index (χ3n) is 13.5. The van der Waals surface area contributed by atoms with Crippen molar-refractivity contribution in [2.45, 2.75) is 0 Å². The van der Waals surface area contributed by atoms with Crippen molar-refractivity contribution >= 4 is 55.7 Å². The molecule has 0 fully saturated rings. The lowest BCUT2D eigenvalue weighted by Crippen LogP contribution is -2.10. The van der Waals surface area contributed by atoms with Gasteiger partial charge < -0.3 is 9.80 Å². The zero-order chi connectivity index (χ0) is 46.6. The summed E-state index contributed by atoms with van der Waals surface area (Å²) in [7, 11) is 0. The molecule has 0 aliphatic heterocycles. The van der Waals surface area contributed by atoms with Crippen LogP contribution in [-0.2, 0) is 0 Å². The second kappa shape index (κ2) is 18.8. The maximum absolute atomic E-state index is 2.37. The fourth-order valence-corrected chi connectivity index (χ4v) is 10.1. The monoisotopic (exact) mass is 892 g/mol. The van der Waals surface area contributed by atoms with E-state index in [1.165, 1.54) is 66.1 Å². The maximum atomic E-state index is 2.37. The summed E-state index contributed by atoms with van der Waals surface area (Å²) >= 11 is 0. The van der Waals surface area contributed by atoms with E-state index >= 15 is 0 Å². The zero-order valence-corrected chi connectivity index (χ0v) is 38.6. The highest BCUT2D eigenvalue weighted by molar-refractivity contribution is 6.21. The molecule has 12 rings (SSSR count). The topological polar surface area (TPSA) is 6.48 Å². The number of hydrogen-bond acceptors (Lipinski definition) is 2. The molecule has 0 heterocycles. The molecule has 2 heteroatoms. The van der Waals surface area contributed by atoms with Crippen LogP contribution < -0.4 is 9.80 Å². The Balaban J connectivity index is 0.911. The Morgan fingerprint density at radius 1 is 0.143 bits per heavy atom. The molecule has 70 heavy (non-hydrogen) atoms. The highest BCUT2D eigenvalue weighted by atomic mass is 15.1. The van der Waals surface area contributed by atoms with Crippen molar-refractivity contribution in [1.29, 1.82) is 0 Å². The smallest absolute Gasteiger partial charge is 0.0462 e. The maximum Gasteiger partial charge on any atom is 0.0462 e. The van der Waals surface area contributed by atoms with Crippen LogP contribution in [0.2, 0.25) is 0 Å². The summed E-state index contributed by atoms with van der Waals surface area (Å²) in [4.78, 5) is 4.66. The number of para-hydroxylation sites is 2. The Bertz CT molecular complexity index is 3590. The van der Waals surface area contributed by atoms with Crippen molar-refractivity contribution in [2.24, 2.45) is 0 Å². The second-order valence-electron chi connectivity index (χ2n) is 17.7. The van der Waals surface area contributed by atoms with Crippen molar-refractivity contribution < 1.29 is 0 Å². The van der Waals surface area contributed by atoms with E-state index in [-0.39, 0.29) is 0 Å². The van der Waals surface area contributed by atoms with Gasteiger partial charge >= 0.3 is 0 Å². The van der Waals surface area contributed by atoms with Gasteiger partial charge in [0.05, 0.1) is 0 Å². The summed E-state index contributed by atoms with van der Waals surface area (Å²) in [5.41, 5.74) is 18.6. The molecule has 0 N–H and O–H groups in total. The van der Waals surface area contributed by atoms with E-state index < -0.39 is 0 Å². The molecular formula is C68H48N2. The third-order valence-corrected chi connectivity index (χ3v) is 13.5. The molecule has 0 aliphatic carbocycles. The number of anilines is 6. The van der Waals surface area contributed by atoms with Gasteiger partial charge in [0.25, 0.3) is 0 Å². The largest absolute Gasteiger partial charge is 0.311 e. The molecule has 0 radical (unpaired) electrons. The summed E-state index contributed by atoms with van der Waals surface area (Å²) in [6.07, 6.45) is 0. The normalized spacial score (nSPS) is 11.1. The molecular weight excluding hydrogens is 845 g/mol. The number of nitrogens with zero attached hydrogens (tertiary/aromatic N) is 2. The van der Waals surface area contributed by atoms with Gasteiger partial charge in [-0.25, -0.2) is 0 Å². The predicted molar refractivity (Wildman–Crippen MR) is 298 cm³/mol. The number of hydrogen-bond donors (Lipinski definition) is 0. The van der Waals surface area contributed by atoms with Crippen LogP contribution in [0, 0.1) is 0 Å². The minimum Gasteiger partial charge on any atom is -0.311 e. The van der Waals surface area contributed by atoms with Gasteiger partial charge in [-0.1, -0.05) is 218 Å². The molecule has 0 atom stereocenters. The van der Waals surface area contributed by atoms with Crippen molar-refractivity contribution in [2.75, 3.05) is 9.80 Å². The van der Waals surface area contributed by atoms with E-state index in [9.17, 15) is 0 Å². The lowest BCUT2D eigenvalue weighted by Gasteiger charge is -2.26. The van der Waals surface area contributed by atoms with Gasteiger partial charge in [0.1, 0.15) is 0 Å². The van der Waals surface area contributed by atoms with Crippen molar-refractivity contribution in [3.8, 4) is 55.6 Å². The first kappa shape index (κ1) is 42.1. The van der Waals surface area contributed by atoms with Crippen LogP contribution in [0.4, 0.5) is 34.1 Å². The summed E-state index contributed by atoms with van der Waals surface area (Å²) in [6.45, 7) is 0. The summed E-state index contributed by atoms with van der Waals surface area (Å²) in [5, 5.41) is 4.99. The SMILES string of the molecule is c1ccc(-c2ccc(-c3ccc(N(c4ccc(-c5ccc(N(c6ccccc6)c6ccccc6)cc5)cc4)c4ccc(-c5c6ccccc6c(-c6ccccc6)c6ccccc56)cc4)cc3)cc2)cc1. The summed E-state index contributed by atoms with van der Waals surface area (Å²) in [6, 6.07) is 105. The van der Waals surface area contributed by atoms with Gasteiger partial charge in [0.2, 0.25) is 0 Å². The van der Waals surface area contributed by atoms with E-state index in [1.54, 1.807) is 0 Å². The molecule has 0 bridgehead atoms. The van der Waals surface area contributed by atoms with Gasteiger partial charge in [-0.05, 0) is 150 Å². The zero-order valence-electron chi connectivity index (χ0n) is 38.6. The van der Waals surface area contributed by atoms with Gasteiger partial charge in [0.15, 0.2) is 0 Å². The average molecular weight is 893 g/mol. The minimum atomic E-state index is 1.08. The lowest BCUT2D eigenvalue weighted by atomic mass is 9.86. The first-order valence-electron chi connectivity index (χ1n) is 24.0. The van der Waals surface area contributed by atoms with E-state index in [4.69, 9.17) is 0 Å². The third kappa shape index (κ3) is 8.19. The van der Waals surface area contributed by atoms with E-state index in [2.05, 4.69) is 301 Å². The quantitative estimate of drug-likeness (QED) is 0.119. The van der Waals surface area contributed by atoms with Crippen LogP contribution in [0.5, 0.6) is 0 Å². The molecule has 0 saturated carbocycles. The summed E-state index contributed by atoms with van der Waals surface area (Å²) < 4.78 is 0. The number of fused-ring (bicyclic) bond motifs is 2. The molecule has 12 aromatic rings. The molecule has 0 saturated heterocycles. The first-order valence-corrected chi connectivity index (χ1v) is 24.0. The fraction of sp³-hybridized carbons (Fsp3) is 0. The van der Waals surface area contributed by atoms with Gasteiger partial charge in [-0.2, -0.15) is 0 Å². The minimum absolute atomic E-state index is 1.08. The Kier molecular flexibility index (Phi) is 11.3. The molecule has 330 valence electrons. The Hall–Kier alpha value is -9.24. The van der Waals surface area contributed by atoms with Crippen molar-refractivity contribution in [3.05, 3.63) is 291 Å². The van der Waals surface area contributed by atoms with Crippen molar-refractivity contribution in [3.63, 3.8) is 0 Å². The molecule has 0 aliphatic rings. The molecule has 0 aromatic heterocycles. The van der Waals surface area contributed by atoms with Crippen LogP contribution >= 0.6 is 0 Å². The Labute approximate surface area is 410 Å². The number of rotatable bonds is 11. The first-order chi connectivity index (χ1) is 34.7. The Morgan fingerprint density at radius 2 is 0.329 bits per heavy atom. The van der Waals surface area contributed by atoms with E-state index in [1.807, 2.05) is 0 Å². The fourth-order valence-electron chi connectivity index (χ4n) is 10.1. The standard InChI is InChI=1S/C68H48N2/c1-5-17-49(18-6-1)50-29-31-51(32-30-50)52-33-43-60(44-34-52)70(61-45-37-54(38-46-61)53-35-41-59(42-36-53)69(57-21-9-3-10-22-57)58-23-11-4-12-24-58)62-47-39-56(40-48-62)68-65-27-15-13-25-63(65)67(55-19-7-2-8-20-55)64-26-14-16-28-66(64)68/h1-48H. The molecule has 12 aromatic carbocycles. The van der Waals surface area contributed by atoms with E-state index in [0.717, 1.165) is 45.3 Å². The molecule has 0 amide bonds. The van der Waals surface area contributed by atoms with E-state index in [0.29, 0.717) is 0 Å². The van der Waals surface area contributed by atoms with Gasteiger partial charge in [-0.15, -0.1) is 0 Å². The summed E-state index contributed by atoms with van der Waals surface area (Å²) in [5.74, 6) is 0. The lowest BCUT2D eigenvalue weighted by molar-refractivity contribution is 1.28. The number of benzene rings is 12. The molecule has 0 spiro atoms. The van der Waals surface area contributed by atoms with Crippen LogP contribution in [0.15, 0.2) is 291 Å². The highest BCUT2D eigenvalue weighted by Crippen LogP contribution is 2.45. The van der Waals surface area contributed by atoms with Gasteiger partial charge in [0, 0.05) is 34.1 Å². The molecule has 2 nitrogen and oxygen atoms in total. The van der Waals surface area contributed by atoms with Crippen LogP contribution in [0.3, 0.4) is 0 Å². The van der Waals surface area contributed by atoms with Crippen molar-refractivity contribution in [1.82, 2.24) is 0 Å².